The molecule has 2 rings (SSSR count). The van der Waals surface area contributed by atoms with E-state index in [1.165, 1.54) is 12.3 Å². The van der Waals surface area contributed by atoms with Crippen LogP contribution in [0.3, 0.4) is 0 Å². The first-order valence-electron chi connectivity index (χ1n) is 4.64. The summed E-state index contributed by atoms with van der Waals surface area (Å²) in [6.07, 6.45) is 3.10. The smallest absolute Gasteiger partial charge is 0.278 e. The van der Waals surface area contributed by atoms with Gasteiger partial charge in [-0.1, -0.05) is 11.6 Å². The molecule has 0 aliphatic heterocycles. The van der Waals surface area contributed by atoms with E-state index in [2.05, 4.69) is 25.7 Å². The number of nitrogens with one attached hydrogen (secondary N) is 3. The van der Waals surface area contributed by atoms with Crippen LogP contribution in [0.4, 0.5) is 11.8 Å². The number of aromatic amines is 1. The molecule has 2 aromatic heterocycles. The van der Waals surface area contributed by atoms with Gasteiger partial charge in [-0.3, -0.25) is 10.1 Å². The number of carbonyl (C=O) groups excluding carboxylic acids is 1. The molecule has 0 aliphatic carbocycles. The highest BCUT2D eigenvalue weighted by atomic mass is 35.5. The third-order valence-corrected chi connectivity index (χ3v) is 2.24. The fraction of sp³-hybridized carbons (Fsp3) is 0. The standard InChI is InChI=1S/C9H9ClN6O/c10-5-1-2-6(16-11)14-7(5)8(17)15-9-12-3-4-13-9/h1-4H,11H2,(H,14,16)(H2,12,13,15,17). The lowest BCUT2D eigenvalue weighted by molar-refractivity contribution is 0.102. The van der Waals surface area contributed by atoms with Crippen LogP contribution in [0.25, 0.3) is 0 Å². The molecule has 0 radical (unpaired) electrons. The van der Waals surface area contributed by atoms with E-state index in [1.54, 1.807) is 12.3 Å². The highest BCUT2D eigenvalue weighted by Gasteiger charge is 2.14. The number of nitrogens with two attached hydrogens (primary N) is 1. The molecule has 1 amide bonds. The van der Waals surface area contributed by atoms with Crippen LogP contribution in [0, 0.1) is 0 Å². The van der Waals surface area contributed by atoms with Crippen LogP contribution >= 0.6 is 11.6 Å². The second-order valence-electron chi connectivity index (χ2n) is 3.06. The molecule has 0 unspecified atom stereocenters. The van der Waals surface area contributed by atoms with Crippen LogP contribution in [0.15, 0.2) is 24.5 Å². The number of carbonyl (C=O) groups is 1. The summed E-state index contributed by atoms with van der Waals surface area (Å²) in [6.45, 7) is 0. The average molecular weight is 253 g/mol. The Kier molecular flexibility index (Phi) is 3.22. The van der Waals surface area contributed by atoms with Crippen molar-refractivity contribution in [1.29, 1.82) is 0 Å². The molecule has 17 heavy (non-hydrogen) atoms. The molecule has 8 heteroatoms. The summed E-state index contributed by atoms with van der Waals surface area (Å²) in [6, 6.07) is 3.09. The van der Waals surface area contributed by atoms with Gasteiger partial charge in [0.2, 0.25) is 5.95 Å². The number of imidazole rings is 1. The minimum atomic E-state index is -0.470. The van der Waals surface area contributed by atoms with Crippen LogP contribution in [-0.4, -0.2) is 20.9 Å². The Morgan fingerprint density at radius 3 is 2.94 bits per heavy atom. The Morgan fingerprint density at radius 2 is 2.29 bits per heavy atom. The van der Waals surface area contributed by atoms with Gasteiger partial charge in [-0.2, -0.15) is 0 Å². The van der Waals surface area contributed by atoms with Crippen molar-refractivity contribution in [3.8, 4) is 0 Å². The van der Waals surface area contributed by atoms with Crippen molar-refractivity contribution >= 4 is 29.3 Å². The Bertz CT molecular complexity index is 526. The second kappa shape index (κ2) is 4.81. The lowest BCUT2D eigenvalue weighted by Crippen LogP contribution is -2.17. The average Bonchev–Trinajstić information content (AvgIpc) is 2.82. The largest absolute Gasteiger partial charge is 0.331 e. The summed E-state index contributed by atoms with van der Waals surface area (Å²) in [7, 11) is 0. The molecule has 88 valence electrons. The minimum Gasteiger partial charge on any atom is -0.331 e. The van der Waals surface area contributed by atoms with Crippen LogP contribution in [0.1, 0.15) is 10.5 Å². The van der Waals surface area contributed by atoms with Gasteiger partial charge in [-0.25, -0.2) is 15.8 Å². The number of halogens is 1. The Morgan fingerprint density at radius 1 is 1.47 bits per heavy atom. The highest BCUT2D eigenvalue weighted by Crippen LogP contribution is 2.17. The molecule has 0 saturated heterocycles. The van der Waals surface area contributed by atoms with Gasteiger partial charge in [0.05, 0.1) is 5.02 Å². The van der Waals surface area contributed by atoms with Crippen molar-refractivity contribution in [3.05, 3.63) is 35.2 Å². The maximum Gasteiger partial charge on any atom is 0.278 e. The number of anilines is 2. The molecule has 5 N–H and O–H groups in total. The van der Waals surface area contributed by atoms with E-state index in [9.17, 15) is 4.79 Å². The van der Waals surface area contributed by atoms with Crippen LogP contribution in [0.2, 0.25) is 5.02 Å². The predicted molar refractivity (Wildman–Crippen MR) is 63.6 cm³/mol. The summed E-state index contributed by atoms with van der Waals surface area (Å²) in [5.41, 5.74) is 2.40. The van der Waals surface area contributed by atoms with E-state index in [0.717, 1.165) is 0 Å². The number of H-pyrrole nitrogens is 1. The zero-order chi connectivity index (χ0) is 12.3. The maximum atomic E-state index is 11.8. The molecular formula is C9H9ClN6O. The summed E-state index contributed by atoms with van der Waals surface area (Å²) in [5, 5.41) is 2.74. The van der Waals surface area contributed by atoms with Gasteiger partial charge in [0.15, 0.2) is 0 Å². The predicted octanol–water partition coefficient (Wildman–Crippen LogP) is 0.996. The number of pyridine rings is 1. The molecular weight excluding hydrogens is 244 g/mol. The van der Waals surface area contributed by atoms with E-state index >= 15 is 0 Å². The van der Waals surface area contributed by atoms with Gasteiger partial charge in [0, 0.05) is 12.4 Å². The Labute approximate surface area is 101 Å². The normalized spacial score (nSPS) is 10.0. The maximum absolute atomic E-state index is 11.8. The first-order chi connectivity index (χ1) is 8.20. The van der Waals surface area contributed by atoms with Crippen LogP contribution in [0.5, 0.6) is 0 Å². The number of hydrogen-bond acceptors (Lipinski definition) is 5. The number of amides is 1. The summed E-state index contributed by atoms with van der Waals surface area (Å²) in [5.74, 6) is 5.39. The topological polar surface area (TPSA) is 109 Å². The molecule has 7 nitrogen and oxygen atoms in total. The summed E-state index contributed by atoms with van der Waals surface area (Å²) in [4.78, 5) is 22.4. The fourth-order valence-corrected chi connectivity index (χ4v) is 1.37. The summed E-state index contributed by atoms with van der Waals surface area (Å²) < 4.78 is 0. The lowest BCUT2D eigenvalue weighted by atomic mass is 10.3. The number of rotatable bonds is 3. The molecule has 0 fully saturated rings. The molecule has 0 atom stereocenters. The van der Waals surface area contributed by atoms with E-state index in [1.807, 2.05) is 0 Å². The second-order valence-corrected chi connectivity index (χ2v) is 3.47. The molecule has 0 aliphatic rings. The number of aromatic nitrogens is 3. The first-order valence-corrected chi connectivity index (χ1v) is 5.02. The van der Waals surface area contributed by atoms with Gasteiger partial charge >= 0.3 is 0 Å². The quantitative estimate of drug-likeness (QED) is 0.481. The van der Waals surface area contributed by atoms with Crippen molar-refractivity contribution in [1.82, 2.24) is 15.0 Å². The van der Waals surface area contributed by atoms with Gasteiger partial charge in [0.25, 0.3) is 5.91 Å². The fourth-order valence-electron chi connectivity index (χ4n) is 1.18. The summed E-state index contributed by atoms with van der Waals surface area (Å²) >= 11 is 5.87. The van der Waals surface area contributed by atoms with Crippen LogP contribution < -0.4 is 16.6 Å². The third kappa shape index (κ3) is 2.52. The molecule has 0 aromatic carbocycles. The number of nitrogen functional groups attached to an aromatic ring is 1. The Balaban J connectivity index is 2.24. The van der Waals surface area contributed by atoms with E-state index < -0.39 is 5.91 Å². The zero-order valence-corrected chi connectivity index (χ0v) is 9.32. The molecule has 0 bridgehead atoms. The minimum absolute atomic E-state index is 0.0681. The van der Waals surface area contributed by atoms with E-state index in [4.69, 9.17) is 17.4 Å². The first kappa shape index (κ1) is 11.4. The monoisotopic (exact) mass is 252 g/mol. The number of nitrogens with zero attached hydrogens (tertiary/aromatic N) is 2. The SMILES string of the molecule is NNc1ccc(Cl)c(C(=O)Nc2ncc[nH]2)n1. The molecule has 2 aromatic rings. The van der Waals surface area contributed by atoms with Gasteiger partial charge < -0.3 is 10.4 Å². The van der Waals surface area contributed by atoms with Gasteiger partial charge in [0.1, 0.15) is 11.5 Å². The Hall–Kier alpha value is -2.12. The lowest BCUT2D eigenvalue weighted by Gasteiger charge is -2.05. The van der Waals surface area contributed by atoms with Crippen molar-refractivity contribution in [2.75, 3.05) is 10.7 Å². The molecule has 0 saturated carbocycles. The van der Waals surface area contributed by atoms with Crippen molar-refractivity contribution in [3.63, 3.8) is 0 Å². The number of hydrogen-bond donors (Lipinski definition) is 4. The molecule has 2 heterocycles. The molecule has 0 spiro atoms. The zero-order valence-electron chi connectivity index (χ0n) is 8.57. The highest BCUT2D eigenvalue weighted by molar-refractivity contribution is 6.34. The third-order valence-electron chi connectivity index (χ3n) is 1.94. The van der Waals surface area contributed by atoms with Crippen LogP contribution in [-0.2, 0) is 0 Å². The van der Waals surface area contributed by atoms with Crippen molar-refractivity contribution in [2.45, 2.75) is 0 Å². The number of hydrazine groups is 1. The van der Waals surface area contributed by atoms with E-state index in [0.29, 0.717) is 11.8 Å². The van der Waals surface area contributed by atoms with Crippen molar-refractivity contribution < 1.29 is 4.79 Å². The van der Waals surface area contributed by atoms with E-state index in [-0.39, 0.29) is 10.7 Å². The van der Waals surface area contributed by atoms with Gasteiger partial charge in [-0.05, 0) is 12.1 Å². The van der Waals surface area contributed by atoms with Gasteiger partial charge in [-0.15, -0.1) is 0 Å². The van der Waals surface area contributed by atoms with Crippen molar-refractivity contribution in [2.24, 2.45) is 5.84 Å².